The maximum absolute atomic E-state index is 13.2. The minimum atomic E-state index is -1.60. The first-order valence-electron chi connectivity index (χ1n) is 38.9. The molecule has 31 heteroatoms. The summed E-state index contributed by atoms with van der Waals surface area (Å²) in [6.07, 6.45) is 6.61. The highest BCUT2D eigenvalue weighted by atomic mass is 16.5. The molecule has 10 amide bonds. The molecule has 7 aliphatic heterocycles. The number of amidine groups is 1. The van der Waals surface area contributed by atoms with Crippen LogP contribution in [0.3, 0.4) is 0 Å². The molecule has 0 bridgehead atoms. The summed E-state index contributed by atoms with van der Waals surface area (Å²) in [5, 5.41) is 37.3. The molecule has 0 saturated carbocycles. The van der Waals surface area contributed by atoms with Crippen molar-refractivity contribution in [1.29, 1.82) is 0 Å². The number of aromatic nitrogens is 5. The number of amides is 10. The number of likely N-dealkylation sites (N-methyl/N-ethyl adjacent to an activating group) is 1. The van der Waals surface area contributed by atoms with Crippen LogP contribution in [0.15, 0.2) is 194 Å². The Hall–Kier alpha value is -15.8. The van der Waals surface area contributed by atoms with Gasteiger partial charge < -0.3 is 59.1 Å². The molecule has 10 aromatic rings. The number of pyridine rings is 3. The molecular weight excluding hydrogens is 1570 g/mol. The number of esters is 1. The third kappa shape index (κ3) is 17.6. The lowest BCUT2D eigenvalue weighted by atomic mass is 9.85. The highest BCUT2D eigenvalue weighted by molar-refractivity contribution is 6.11. The van der Waals surface area contributed by atoms with Gasteiger partial charge in [-0.2, -0.15) is 5.10 Å². The topological polar surface area (TPSA) is 381 Å². The van der Waals surface area contributed by atoms with Crippen LogP contribution >= 0.6 is 0 Å². The Balaban J connectivity index is 0.000000143. The van der Waals surface area contributed by atoms with Crippen molar-refractivity contribution in [2.45, 2.75) is 44.9 Å². The Bertz CT molecular complexity index is 6210. The number of aromatic hydroxyl groups is 1. The van der Waals surface area contributed by atoms with Gasteiger partial charge in [-0.15, -0.1) is 0 Å². The van der Waals surface area contributed by atoms with Gasteiger partial charge in [0.15, 0.2) is 11.6 Å². The van der Waals surface area contributed by atoms with E-state index in [2.05, 4.69) is 89.0 Å². The van der Waals surface area contributed by atoms with Gasteiger partial charge in [0.2, 0.25) is 29.2 Å². The molecule has 0 unspecified atom stereocenters. The number of nitrogens with one attached hydrogen (secondary N) is 4. The fourth-order valence-electron chi connectivity index (χ4n) is 15.2. The maximum atomic E-state index is 13.2. The lowest BCUT2D eigenvalue weighted by Gasteiger charge is -2.34. The van der Waals surface area contributed by atoms with Crippen LogP contribution in [0, 0.1) is 46.4 Å². The molecule has 17 rings (SSSR count). The van der Waals surface area contributed by atoms with Crippen LogP contribution in [0.2, 0.25) is 0 Å². The first-order chi connectivity index (χ1) is 59.3. The molecule has 6 N–H and O–H groups in total. The van der Waals surface area contributed by atoms with Crippen LogP contribution in [-0.2, 0) is 55.4 Å². The number of piperazine rings is 1. The molecule has 6 aromatic carbocycles. The maximum Gasteiger partial charge on any atom is 0.323 e. The van der Waals surface area contributed by atoms with Gasteiger partial charge in [0, 0.05) is 153 Å². The SMILES string of the molecule is COc1ccc2c(c1)C(=O)N(C[C@@]1(C#Cc3ccc(-c4nc(-c5cccnc5)ccc4OC(C)=O)cc3)CC(=O)NC1=O)C2.COc1ccc2c(c1)C(=O)N(C[C@@]1(C#Cc3ccc(-c4nc(-c5cnn(C)c5)ccc4O)cc3)CC(=O)NC1=O)C2.COc1ccc2c(c1)C(=O)N(C[C@@]1(C#Cc3ccc(C(=NO)N4CCN(C)CC4)cc3)NC(=O)NC1=O)C2. The zero-order valence-corrected chi connectivity index (χ0v) is 67.4. The Morgan fingerprint density at radius 3 is 1.45 bits per heavy atom. The van der Waals surface area contributed by atoms with Gasteiger partial charge in [-0.25, -0.2) is 14.8 Å². The molecule has 4 aromatic heterocycles. The Labute approximate surface area is 705 Å². The van der Waals surface area contributed by atoms with Gasteiger partial charge in [0.1, 0.15) is 45.2 Å². The standard InChI is InChI=1S/C34H26N4O6.C31H25N5O5.C27H28N6O5/c1-21(39)44-29-12-11-28(24-4-3-15-35-18-24)36-31(29)23-7-5-22(6-8-23)13-14-34(17-30(40)37-33(34)42)20-38-19-25-9-10-26(43-2)16-27(25)32(38)41;1-35-16-22(15-32-35)25-9-10-26(37)28(33-25)20-5-3-19(4-6-20)11-12-31(14-27(38)34-30(31)40)18-36-17-21-7-8-23(41-2)13-24(21)29(36)39;1-31-11-13-32(14-12-31)23(30-37)19-5-3-18(4-6-19)9-10-27(25(35)28-26(36)29-27)17-33-16-20-7-8-21(38-2)15-22(20)24(33)34/h3-12,15-16,18H,17,19-20H2,1-2H3,(H,37,40,42);3-10,13,15-16,37H,14,17-18H2,1-2H3,(H,34,38,40);3-8,15,37H,11-14,16-17H2,1-2H3,(H2,28,29,35,36)/t34-;31-;27-/m111/s1. The number of rotatable bonds is 15. The minimum absolute atomic E-state index is 0.0234. The van der Waals surface area contributed by atoms with E-state index in [4.69, 9.17) is 23.9 Å². The van der Waals surface area contributed by atoms with E-state index in [0.717, 1.165) is 59.6 Å². The van der Waals surface area contributed by atoms with Crippen LogP contribution in [0.1, 0.15) is 89.8 Å². The first-order valence-corrected chi connectivity index (χ1v) is 38.9. The summed E-state index contributed by atoms with van der Waals surface area (Å²) >= 11 is 0. The zero-order chi connectivity index (χ0) is 86.4. The van der Waals surface area contributed by atoms with Gasteiger partial charge in [-0.05, 0) is 145 Å². The molecule has 0 spiro atoms. The fraction of sp³-hybridized carbons (Fsp3) is 0.228. The summed E-state index contributed by atoms with van der Waals surface area (Å²) in [4.78, 5) is 149. The fourth-order valence-corrected chi connectivity index (χ4v) is 15.2. The Kier molecular flexibility index (Phi) is 23.2. The molecule has 3 atom stereocenters. The van der Waals surface area contributed by atoms with Crippen molar-refractivity contribution < 1.29 is 77.2 Å². The number of fused-ring (bicyclic) bond motifs is 3. The lowest BCUT2D eigenvalue weighted by Crippen LogP contribution is -2.54. The molecular formula is C92H79N15O16. The molecule has 4 saturated heterocycles. The molecule has 4 fully saturated rings. The number of carbonyl (C=O) groups is 10. The minimum Gasteiger partial charge on any atom is -0.506 e. The van der Waals surface area contributed by atoms with Crippen LogP contribution in [-0.4, -0.2) is 204 Å². The van der Waals surface area contributed by atoms with E-state index in [1.807, 2.05) is 48.5 Å². The number of hydrogen-bond acceptors (Lipinski definition) is 22. The number of oxime groups is 1. The van der Waals surface area contributed by atoms with Gasteiger partial charge >= 0.3 is 12.0 Å². The van der Waals surface area contributed by atoms with Gasteiger partial charge in [-0.1, -0.05) is 83.1 Å². The highest BCUT2D eigenvalue weighted by Crippen LogP contribution is 2.39. The van der Waals surface area contributed by atoms with Crippen LogP contribution in [0.25, 0.3) is 45.0 Å². The van der Waals surface area contributed by atoms with E-state index < -0.39 is 57.9 Å². The summed E-state index contributed by atoms with van der Waals surface area (Å²) in [6, 6.07) is 46.8. The van der Waals surface area contributed by atoms with Crippen LogP contribution in [0.4, 0.5) is 4.79 Å². The zero-order valence-electron chi connectivity index (χ0n) is 67.4. The van der Waals surface area contributed by atoms with Crippen LogP contribution in [0.5, 0.6) is 28.7 Å². The smallest absolute Gasteiger partial charge is 0.323 e. The number of ether oxygens (including phenoxy) is 4. The predicted octanol–water partition coefficient (Wildman–Crippen LogP) is 7.35. The molecule has 11 heterocycles. The summed E-state index contributed by atoms with van der Waals surface area (Å²) in [5.41, 5.74) is 7.26. The van der Waals surface area contributed by atoms with E-state index in [-0.39, 0.29) is 62.5 Å². The van der Waals surface area contributed by atoms with Crippen molar-refractivity contribution in [2.75, 3.05) is 74.2 Å². The second kappa shape index (κ2) is 34.6. The number of nitrogens with zero attached hydrogens (tertiary/aromatic N) is 11. The lowest BCUT2D eigenvalue weighted by molar-refractivity contribution is -0.132. The number of benzene rings is 6. The first kappa shape index (κ1) is 82.3. The van der Waals surface area contributed by atoms with Crippen molar-refractivity contribution in [3.05, 3.63) is 244 Å². The molecule has 31 nitrogen and oxygen atoms in total. The quantitative estimate of drug-likeness (QED) is 0.00853. The molecule has 618 valence electrons. The average Bonchev–Trinajstić information content (AvgIpc) is 1.63. The van der Waals surface area contributed by atoms with Crippen molar-refractivity contribution >= 4 is 65.1 Å². The number of urea groups is 1. The van der Waals surface area contributed by atoms with Gasteiger partial charge in [0.25, 0.3) is 23.6 Å². The van der Waals surface area contributed by atoms with Gasteiger partial charge in [-0.3, -0.25) is 68.8 Å². The summed E-state index contributed by atoms with van der Waals surface area (Å²) < 4.78 is 22.8. The number of carbonyl (C=O) groups excluding carboxylic acids is 10. The molecule has 7 aliphatic rings. The van der Waals surface area contributed by atoms with Crippen molar-refractivity contribution in [2.24, 2.45) is 23.0 Å². The number of imide groups is 3. The normalized spacial score (nSPS) is 18.7. The summed E-state index contributed by atoms with van der Waals surface area (Å²) in [5.74, 6) is 16.7. The highest BCUT2D eigenvalue weighted by Gasteiger charge is 2.52. The van der Waals surface area contributed by atoms with E-state index in [9.17, 15) is 58.3 Å². The second-order valence-electron chi connectivity index (χ2n) is 30.2. The van der Waals surface area contributed by atoms with Crippen LogP contribution < -0.4 is 40.2 Å². The Morgan fingerprint density at radius 2 is 1.00 bits per heavy atom. The Morgan fingerprint density at radius 1 is 0.520 bits per heavy atom. The van der Waals surface area contributed by atoms with E-state index in [0.29, 0.717) is 109 Å². The van der Waals surface area contributed by atoms with E-state index in [1.54, 1.807) is 162 Å². The predicted molar refractivity (Wildman–Crippen MR) is 445 cm³/mol. The largest absolute Gasteiger partial charge is 0.506 e. The third-order valence-corrected chi connectivity index (χ3v) is 21.8. The summed E-state index contributed by atoms with van der Waals surface area (Å²) in [7, 11) is 8.45. The van der Waals surface area contributed by atoms with Gasteiger partial charge in [0.05, 0.1) is 58.3 Å². The van der Waals surface area contributed by atoms with E-state index >= 15 is 0 Å². The third-order valence-electron chi connectivity index (χ3n) is 21.8. The number of methoxy groups -OCH3 is 3. The number of hydrogen-bond donors (Lipinski definition) is 6. The van der Waals surface area contributed by atoms with E-state index in [1.165, 1.54) is 38.1 Å². The second-order valence-corrected chi connectivity index (χ2v) is 30.2. The average molecular weight is 1650 g/mol. The van der Waals surface area contributed by atoms with Crippen molar-refractivity contribution in [3.8, 4) is 109 Å². The van der Waals surface area contributed by atoms with Crippen molar-refractivity contribution in [3.63, 3.8) is 0 Å². The van der Waals surface area contributed by atoms with Crippen molar-refractivity contribution in [1.82, 2.24) is 70.5 Å². The monoisotopic (exact) mass is 1650 g/mol. The molecule has 0 radical (unpaired) electrons. The number of aryl methyl sites for hydroxylation is 1. The summed E-state index contributed by atoms with van der Waals surface area (Å²) in [6.45, 7) is 5.29. The molecule has 0 aliphatic carbocycles. The molecule has 123 heavy (non-hydrogen) atoms.